The maximum atomic E-state index is 11.8. The van der Waals surface area contributed by atoms with Gasteiger partial charge in [0.05, 0.1) is 0 Å². The van der Waals surface area contributed by atoms with E-state index in [-0.39, 0.29) is 18.6 Å². The van der Waals surface area contributed by atoms with Gasteiger partial charge in [0, 0.05) is 38.8 Å². The van der Waals surface area contributed by atoms with Gasteiger partial charge in [-0.15, -0.1) is 0 Å². The van der Waals surface area contributed by atoms with Gasteiger partial charge in [0.15, 0.2) is 0 Å². The zero-order valence-corrected chi connectivity index (χ0v) is 14.0. The molecule has 128 valence electrons. The van der Waals surface area contributed by atoms with E-state index in [9.17, 15) is 9.90 Å². The van der Waals surface area contributed by atoms with Crippen LogP contribution in [0, 0.1) is 5.92 Å². The maximum absolute atomic E-state index is 11.8. The van der Waals surface area contributed by atoms with Gasteiger partial charge in [-0.3, -0.25) is 0 Å². The minimum atomic E-state index is 0.0447. The van der Waals surface area contributed by atoms with Crippen LogP contribution in [0.15, 0.2) is 30.3 Å². The van der Waals surface area contributed by atoms with Crippen molar-refractivity contribution >= 4 is 6.03 Å². The average Bonchev–Trinajstić information content (AvgIpc) is 2.60. The number of amides is 2. The van der Waals surface area contributed by atoms with Crippen molar-refractivity contribution < 1.29 is 9.90 Å². The molecule has 0 radical (unpaired) electrons. The molecule has 0 aromatic heterocycles. The summed E-state index contributed by atoms with van der Waals surface area (Å²) >= 11 is 0. The molecule has 1 saturated heterocycles. The standard InChI is InChI=1S/C18H29N3O2/c1-2-19-18(23)21-10-8-17(9-11-21)20-13-16(14-22)12-15-6-4-3-5-7-15/h3-7,16-17,20,22H,2,8-14H2,1H3,(H,19,23)/t16-/m0/s1. The number of rotatable bonds is 7. The van der Waals surface area contributed by atoms with Crippen molar-refractivity contribution in [3.63, 3.8) is 0 Å². The Hall–Kier alpha value is -1.59. The molecule has 3 N–H and O–H groups in total. The van der Waals surface area contributed by atoms with Crippen molar-refractivity contribution in [2.24, 2.45) is 5.92 Å². The first-order valence-corrected chi connectivity index (χ1v) is 8.63. The molecule has 0 spiro atoms. The van der Waals surface area contributed by atoms with Crippen molar-refractivity contribution in [3.8, 4) is 0 Å². The number of urea groups is 1. The van der Waals surface area contributed by atoms with E-state index < -0.39 is 0 Å². The molecule has 0 saturated carbocycles. The Kier molecular flexibility index (Phi) is 7.36. The largest absolute Gasteiger partial charge is 0.396 e. The van der Waals surface area contributed by atoms with Crippen molar-refractivity contribution in [1.29, 1.82) is 0 Å². The summed E-state index contributed by atoms with van der Waals surface area (Å²) in [6.07, 6.45) is 2.84. The van der Waals surface area contributed by atoms with Crippen LogP contribution in [0.1, 0.15) is 25.3 Å². The minimum Gasteiger partial charge on any atom is -0.396 e. The van der Waals surface area contributed by atoms with Crippen LogP contribution in [-0.2, 0) is 6.42 Å². The summed E-state index contributed by atoms with van der Waals surface area (Å²) in [5.41, 5.74) is 1.26. The van der Waals surface area contributed by atoms with Crippen LogP contribution >= 0.6 is 0 Å². The second kappa shape index (κ2) is 9.53. The third-order valence-corrected chi connectivity index (χ3v) is 4.43. The lowest BCUT2D eigenvalue weighted by molar-refractivity contribution is 0.171. The predicted molar refractivity (Wildman–Crippen MR) is 92.4 cm³/mol. The number of aliphatic hydroxyl groups excluding tert-OH is 1. The van der Waals surface area contributed by atoms with Gasteiger partial charge in [-0.2, -0.15) is 0 Å². The lowest BCUT2D eigenvalue weighted by Gasteiger charge is -2.33. The molecule has 1 aliphatic rings. The molecule has 5 nitrogen and oxygen atoms in total. The van der Waals surface area contributed by atoms with Gasteiger partial charge in [-0.05, 0) is 37.7 Å². The lowest BCUT2D eigenvalue weighted by Crippen LogP contribution is -2.49. The molecule has 23 heavy (non-hydrogen) atoms. The first-order chi connectivity index (χ1) is 11.2. The fraction of sp³-hybridized carbons (Fsp3) is 0.611. The predicted octanol–water partition coefficient (Wildman–Crippen LogP) is 1.62. The first-order valence-electron chi connectivity index (χ1n) is 8.63. The highest BCUT2D eigenvalue weighted by Crippen LogP contribution is 2.12. The summed E-state index contributed by atoms with van der Waals surface area (Å²) in [7, 11) is 0. The summed E-state index contributed by atoms with van der Waals surface area (Å²) in [4.78, 5) is 13.7. The summed E-state index contributed by atoms with van der Waals surface area (Å²) in [6.45, 7) is 5.22. The fourth-order valence-electron chi connectivity index (χ4n) is 3.03. The molecule has 1 atom stereocenters. The number of nitrogens with zero attached hydrogens (tertiary/aromatic N) is 1. The quantitative estimate of drug-likeness (QED) is 0.715. The van der Waals surface area contributed by atoms with Crippen LogP contribution in [0.25, 0.3) is 0 Å². The van der Waals surface area contributed by atoms with Gasteiger partial charge in [-0.1, -0.05) is 30.3 Å². The topological polar surface area (TPSA) is 64.6 Å². The van der Waals surface area contributed by atoms with Gasteiger partial charge < -0.3 is 20.6 Å². The SMILES string of the molecule is CCNC(=O)N1CCC(NC[C@@H](CO)Cc2ccccc2)CC1. The zero-order chi connectivity index (χ0) is 16.5. The monoisotopic (exact) mass is 319 g/mol. The second-order valence-corrected chi connectivity index (χ2v) is 6.24. The van der Waals surface area contributed by atoms with Crippen molar-refractivity contribution in [3.05, 3.63) is 35.9 Å². The van der Waals surface area contributed by atoms with Crippen LogP contribution in [0.5, 0.6) is 0 Å². The van der Waals surface area contributed by atoms with E-state index >= 15 is 0 Å². The van der Waals surface area contributed by atoms with E-state index in [1.165, 1.54) is 5.56 Å². The highest BCUT2D eigenvalue weighted by Gasteiger charge is 2.22. The number of piperidine rings is 1. The summed E-state index contributed by atoms with van der Waals surface area (Å²) in [5, 5.41) is 16.0. The molecule has 0 bridgehead atoms. The van der Waals surface area contributed by atoms with Crippen LogP contribution in [0.4, 0.5) is 4.79 Å². The molecule has 1 aliphatic heterocycles. The zero-order valence-electron chi connectivity index (χ0n) is 14.0. The Bertz CT molecular complexity index is 459. The van der Waals surface area contributed by atoms with Crippen molar-refractivity contribution in [2.75, 3.05) is 32.8 Å². The van der Waals surface area contributed by atoms with Gasteiger partial charge in [0.25, 0.3) is 0 Å². The van der Waals surface area contributed by atoms with Gasteiger partial charge in [0.1, 0.15) is 0 Å². The highest BCUT2D eigenvalue weighted by molar-refractivity contribution is 5.74. The van der Waals surface area contributed by atoms with Crippen LogP contribution in [0.3, 0.4) is 0 Å². The molecule has 2 rings (SSSR count). The molecule has 1 heterocycles. The molecular weight excluding hydrogens is 290 g/mol. The number of hydrogen-bond donors (Lipinski definition) is 3. The third-order valence-electron chi connectivity index (χ3n) is 4.43. The number of hydrogen-bond acceptors (Lipinski definition) is 3. The lowest BCUT2D eigenvalue weighted by atomic mass is 9.98. The average molecular weight is 319 g/mol. The number of nitrogens with one attached hydrogen (secondary N) is 2. The van der Waals surface area contributed by atoms with Gasteiger partial charge >= 0.3 is 6.03 Å². The van der Waals surface area contributed by atoms with Crippen molar-refractivity contribution in [1.82, 2.24) is 15.5 Å². The molecular formula is C18H29N3O2. The molecule has 1 aromatic rings. The number of carbonyl (C=O) groups is 1. The Morgan fingerprint density at radius 1 is 1.30 bits per heavy atom. The number of benzene rings is 1. The van der Waals surface area contributed by atoms with E-state index in [1.807, 2.05) is 30.0 Å². The van der Waals surface area contributed by atoms with E-state index in [4.69, 9.17) is 0 Å². The van der Waals surface area contributed by atoms with E-state index in [0.29, 0.717) is 12.6 Å². The normalized spacial score (nSPS) is 17.0. The molecule has 5 heteroatoms. The van der Waals surface area contributed by atoms with Crippen LogP contribution in [-0.4, -0.2) is 54.9 Å². The minimum absolute atomic E-state index is 0.0447. The fourth-order valence-corrected chi connectivity index (χ4v) is 3.03. The Balaban J connectivity index is 1.70. The summed E-state index contributed by atoms with van der Waals surface area (Å²) in [6, 6.07) is 10.8. The van der Waals surface area contributed by atoms with Crippen LogP contribution < -0.4 is 10.6 Å². The molecule has 2 amide bonds. The number of likely N-dealkylation sites (tertiary alicyclic amines) is 1. The molecule has 1 fully saturated rings. The molecule has 0 aliphatic carbocycles. The molecule has 0 unspecified atom stereocenters. The van der Waals surface area contributed by atoms with E-state index in [0.717, 1.165) is 38.9 Å². The van der Waals surface area contributed by atoms with Gasteiger partial charge in [0.2, 0.25) is 0 Å². The second-order valence-electron chi connectivity index (χ2n) is 6.24. The highest BCUT2D eigenvalue weighted by atomic mass is 16.3. The Morgan fingerprint density at radius 2 is 2.00 bits per heavy atom. The third kappa shape index (κ3) is 5.84. The Labute approximate surface area is 139 Å². The smallest absolute Gasteiger partial charge is 0.317 e. The number of aliphatic hydroxyl groups is 1. The van der Waals surface area contributed by atoms with E-state index in [1.54, 1.807) is 0 Å². The maximum Gasteiger partial charge on any atom is 0.317 e. The molecule has 1 aromatic carbocycles. The number of carbonyl (C=O) groups excluding carboxylic acids is 1. The van der Waals surface area contributed by atoms with Gasteiger partial charge in [-0.25, -0.2) is 4.79 Å². The van der Waals surface area contributed by atoms with Crippen LogP contribution in [0.2, 0.25) is 0 Å². The Morgan fingerprint density at radius 3 is 2.61 bits per heavy atom. The van der Waals surface area contributed by atoms with E-state index in [2.05, 4.69) is 22.8 Å². The van der Waals surface area contributed by atoms with Crippen molar-refractivity contribution in [2.45, 2.75) is 32.2 Å². The summed E-state index contributed by atoms with van der Waals surface area (Å²) in [5.74, 6) is 0.235. The summed E-state index contributed by atoms with van der Waals surface area (Å²) < 4.78 is 0. The first kappa shape index (κ1) is 17.8.